The second-order valence-electron chi connectivity index (χ2n) is 7.88. The number of aromatic nitrogens is 3. The number of amides is 1. The smallest absolute Gasteiger partial charge is 0.341 e. The number of anilines is 1. The average Bonchev–Trinajstić information content (AvgIpc) is 3.34. The van der Waals surface area contributed by atoms with Crippen LogP contribution in [0.4, 0.5) is 5.00 Å². The van der Waals surface area contributed by atoms with E-state index < -0.39 is 5.25 Å². The Morgan fingerprint density at radius 1 is 1.34 bits per heavy atom. The largest absolute Gasteiger partial charge is 0.462 e. The monoisotopic (exact) mass is 470 g/mol. The third-order valence-corrected chi connectivity index (χ3v) is 7.65. The lowest BCUT2D eigenvalue weighted by atomic mass is 9.88. The van der Waals surface area contributed by atoms with Crippen molar-refractivity contribution in [3.8, 4) is 0 Å². The van der Waals surface area contributed by atoms with Gasteiger partial charge in [0.1, 0.15) is 16.1 Å². The zero-order valence-corrected chi connectivity index (χ0v) is 19.9. The second-order valence-corrected chi connectivity index (χ2v) is 10.1. The lowest BCUT2D eigenvalue weighted by Gasteiger charge is -2.18. The van der Waals surface area contributed by atoms with Crippen molar-refractivity contribution < 1.29 is 14.3 Å². The van der Waals surface area contributed by atoms with Gasteiger partial charge in [0.25, 0.3) is 0 Å². The summed E-state index contributed by atoms with van der Waals surface area (Å²) in [6.07, 6.45) is 2.76. The van der Waals surface area contributed by atoms with Gasteiger partial charge < -0.3 is 10.1 Å². The highest BCUT2D eigenvalue weighted by Crippen LogP contribution is 2.41. The molecule has 32 heavy (non-hydrogen) atoms. The number of aromatic amines is 1. The van der Waals surface area contributed by atoms with E-state index in [-0.39, 0.29) is 11.9 Å². The minimum Gasteiger partial charge on any atom is -0.462 e. The first kappa shape index (κ1) is 22.5. The van der Waals surface area contributed by atoms with Gasteiger partial charge in [-0.15, -0.1) is 16.4 Å². The number of thiophene rings is 1. The molecule has 0 aliphatic heterocycles. The van der Waals surface area contributed by atoms with Crippen molar-refractivity contribution in [3.63, 3.8) is 0 Å². The van der Waals surface area contributed by atoms with E-state index in [0.717, 1.165) is 35.3 Å². The summed E-state index contributed by atoms with van der Waals surface area (Å²) in [5.74, 6) is 0.648. The fraction of sp³-hybridized carbons (Fsp3) is 0.391. The summed E-state index contributed by atoms with van der Waals surface area (Å²) < 4.78 is 5.33. The van der Waals surface area contributed by atoms with Gasteiger partial charge >= 0.3 is 5.97 Å². The molecule has 1 amide bonds. The number of thioether (sulfide) groups is 1. The third-order valence-electron chi connectivity index (χ3n) is 5.37. The fourth-order valence-electron chi connectivity index (χ4n) is 3.82. The van der Waals surface area contributed by atoms with Crippen LogP contribution in [0.1, 0.15) is 57.7 Å². The Labute approximate surface area is 195 Å². The molecule has 9 heteroatoms. The summed E-state index contributed by atoms with van der Waals surface area (Å²) >= 11 is 2.76. The number of carbonyl (C=O) groups excluding carboxylic acids is 2. The Hall–Kier alpha value is -2.65. The molecule has 168 valence electrons. The molecule has 2 heterocycles. The van der Waals surface area contributed by atoms with Gasteiger partial charge in [0, 0.05) is 4.88 Å². The predicted octanol–water partition coefficient (Wildman–Crippen LogP) is 4.95. The molecule has 0 saturated heterocycles. The van der Waals surface area contributed by atoms with E-state index in [1.165, 1.54) is 23.1 Å². The first-order valence-electron chi connectivity index (χ1n) is 10.7. The number of carbonyl (C=O) groups is 2. The van der Waals surface area contributed by atoms with Crippen molar-refractivity contribution in [2.75, 3.05) is 11.9 Å². The van der Waals surface area contributed by atoms with Gasteiger partial charge in [0.05, 0.1) is 12.2 Å². The van der Waals surface area contributed by atoms with Crippen LogP contribution in [0.25, 0.3) is 0 Å². The van der Waals surface area contributed by atoms with E-state index in [1.807, 2.05) is 37.3 Å². The van der Waals surface area contributed by atoms with Gasteiger partial charge in [-0.2, -0.15) is 0 Å². The standard InChI is InChI=1S/C23H26N4O3S2/c1-4-30-22(29)18-16-11-10-13(2)12-17(16)31-21(18)25-20(28)19(15-8-6-5-7-9-15)32-23-24-14(3)26-27-23/h5-9,13,19H,4,10-12H2,1-3H3,(H,25,28)(H,24,26,27)/t13-,19+/m1/s1. The van der Waals surface area contributed by atoms with E-state index >= 15 is 0 Å². The minimum absolute atomic E-state index is 0.221. The molecule has 2 aromatic heterocycles. The number of benzene rings is 1. The van der Waals surface area contributed by atoms with Crippen molar-refractivity contribution >= 4 is 40.0 Å². The van der Waals surface area contributed by atoms with E-state index in [2.05, 4.69) is 27.4 Å². The molecular formula is C23H26N4O3S2. The summed E-state index contributed by atoms with van der Waals surface area (Å²) in [6.45, 7) is 6.11. The molecule has 0 radical (unpaired) electrons. The normalized spacial score (nSPS) is 16.3. The molecule has 2 atom stereocenters. The van der Waals surface area contributed by atoms with Crippen molar-refractivity contribution in [3.05, 3.63) is 57.7 Å². The van der Waals surface area contributed by atoms with Gasteiger partial charge in [0.2, 0.25) is 11.1 Å². The predicted molar refractivity (Wildman–Crippen MR) is 126 cm³/mol. The Morgan fingerprint density at radius 2 is 2.12 bits per heavy atom. The average molecular weight is 471 g/mol. The van der Waals surface area contributed by atoms with E-state index in [9.17, 15) is 9.59 Å². The lowest BCUT2D eigenvalue weighted by Crippen LogP contribution is -2.21. The Kier molecular flexibility index (Phi) is 6.95. The molecule has 0 bridgehead atoms. The second kappa shape index (κ2) is 9.87. The number of fused-ring (bicyclic) bond motifs is 1. The maximum absolute atomic E-state index is 13.5. The number of nitrogens with zero attached hydrogens (tertiary/aromatic N) is 2. The summed E-state index contributed by atoms with van der Waals surface area (Å²) in [5.41, 5.74) is 2.37. The van der Waals surface area contributed by atoms with Crippen molar-refractivity contribution in [1.29, 1.82) is 0 Å². The van der Waals surface area contributed by atoms with Gasteiger partial charge in [-0.05, 0) is 50.2 Å². The molecule has 2 N–H and O–H groups in total. The van der Waals surface area contributed by atoms with E-state index in [1.54, 1.807) is 6.92 Å². The molecule has 3 aromatic rings. The SMILES string of the molecule is CCOC(=O)c1c(NC(=O)[C@@H](Sc2n[nH]c(C)n2)c2ccccc2)sc2c1CC[C@@H](C)C2. The molecule has 4 rings (SSSR count). The highest BCUT2D eigenvalue weighted by molar-refractivity contribution is 8.00. The van der Waals surface area contributed by atoms with Gasteiger partial charge in [0.15, 0.2) is 0 Å². The number of aryl methyl sites for hydroxylation is 1. The van der Waals surface area contributed by atoms with Crippen LogP contribution in [0.2, 0.25) is 0 Å². The third kappa shape index (κ3) is 4.88. The highest BCUT2D eigenvalue weighted by Gasteiger charge is 2.31. The summed E-state index contributed by atoms with van der Waals surface area (Å²) in [4.78, 5) is 31.8. The van der Waals surface area contributed by atoms with Crippen LogP contribution in [-0.2, 0) is 22.4 Å². The van der Waals surface area contributed by atoms with E-state index in [0.29, 0.717) is 34.1 Å². The van der Waals surface area contributed by atoms with Crippen LogP contribution >= 0.6 is 23.1 Å². The molecule has 0 fully saturated rings. The zero-order valence-electron chi connectivity index (χ0n) is 18.3. The first-order valence-corrected chi connectivity index (χ1v) is 12.4. The minimum atomic E-state index is -0.570. The number of esters is 1. The van der Waals surface area contributed by atoms with Crippen LogP contribution in [0.15, 0.2) is 35.5 Å². The molecule has 7 nitrogen and oxygen atoms in total. The molecule has 1 aliphatic carbocycles. The molecular weight excluding hydrogens is 444 g/mol. The lowest BCUT2D eigenvalue weighted by molar-refractivity contribution is -0.115. The number of ether oxygens (including phenoxy) is 1. The number of hydrogen-bond acceptors (Lipinski definition) is 7. The maximum atomic E-state index is 13.5. The van der Waals surface area contributed by atoms with Gasteiger partial charge in [-0.25, -0.2) is 9.78 Å². The number of hydrogen-bond donors (Lipinski definition) is 2. The Bertz CT molecular complexity index is 1110. The van der Waals surface area contributed by atoms with Crippen LogP contribution < -0.4 is 5.32 Å². The summed E-state index contributed by atoms with van der Waals surface area (Å²) in [7, 11) is 0. The Morgan fingerprint density at radius 3 is 2.81 bits per heavy atom. The van der Waals surface area contributed by atoms with Gasteiger partial charge in [-0.3, -0.25) is 9.89 Å². The summed E-state index contributed by atoms with van der Waals surface area (Å²) in [5, 5.41) is 10.5. The van der Waals surface area contributed by atoms with E-state index in [4.69, 9.17) is 4.74 Å². The number of rotatable bonds is 7. The number of H-pyrrole nitrogens is 1. The molecule has 1 aliphatic rings. The van der Waals surface area contributed by atoms with Crippen LogP contribution in [0.5, 0.6) is 0 Å². The fourth-order valence-corrected chi connectivity index (χ4v) is 6.18. The van der Waals surface area contributed by atoms with Crippen LogP contribution in [0.3, 0.4) is 0 Å². The zero-order chi connectivity index (χ0) is 22.7. The first-order chi connectivity index (χ1) is 15.5. The van der Waals surface area contributed by atoms with Gasteiger partial charge in [-0.1, -0.05) is 49.0 Å². The molecule has 0 unspecified atom stereocenters. The topological polar surface area (TPSA) is 97.0 Å². The molecule has 0 saturated carbocycles. The highest BCUT2D eigenvalue weighted by atomic mass is 32.2. The summed E-state index contributed by atoms with van der Waals surface area (Å²) in [6, 6.07) is 9.52. The Balaban J connectivity index is 1.66. The molecule has 1 aromatic carbocycles. The molecule has 0 spiro atoms. The van der Waals surface area contributed by atoms with Crippen molar-refractivity contribution in [2.45, 2.75) is 50.4 Å². The van der Waals surface area contributed by atoms with Crippen LogP contribution in [0, 0.1) is 12.8 Å². The van der Waals surface area contributed by atoms with Crippen LogP contribution in [-0.4, -0.2) is 33.7 Å². The maximum Gasteiger partial charge on any atom is 0.341 e. The van der Waals surface area contributed by atoms with Crippen molar-refractivity contribution in [2.24, 2.45) is 5.92 Å². The number of nitrogens with one attached hydrogen (secondary N) is 2. The van der Waals surface area contributed by atoms with Crippen molar-refractivity contribution in [1.82, 2.24) is 15.2 Å². The quantitative estimate of drug-likeness (QED) is 0.375.